The summed E-state index contributed by atoms with van der Waals surface area (Å²) in [6.45, 7) is 8.32. The normalized spacial score (nSPS) is 15.6. The van der Waals surface area contributed by atoms with Gasteiger partial charge in [0.2, 0.25) is 0 Å². The molecule has 1 heterocycles. The fraction of sp³-hybridized carbons (Fsp3) is 0.409. The number of rotatable bonds is 5. The molecule has 3 rings (SSSR count). The number of amides is 2. The average Bonchev–Trinajstić information content (AvgIpc) is 2.65. The van der Waals surface area contributed by atoms with Crippen LogP contribution in [0.25, 0.3) is 0 Å². The Morgan fingerprint density at radius 3 is 2.54 bits per heavy atom. The molecule has 0 aromatic heterocycles. The van der Waals surface area contributed by atoms with E-state index in [1.54, 1.807) is 0 Å². The first-order valence-corrected chi connectivity index (χ1v) is 9.48. The second-order valence-electron chi connectivity index (χ2n) is 7.35. The van der Waals surface area contributed by atoms with Gasteiger partial charge in [-0.05, 0) is 69.0 Å². The van der Waals surface area contributed by atoms with E-state index in [0.29, 0.717) is 5.92 Å². The van der Waals surface area contributed by atoms with Crippen molar-refractivity contribution in [2.75, 3.05) is 25.0 Å². The predicted octanol–water partition coefficient (Wildman–Crippen LogP) is 4.34. The second-order valence-corrected chi connectivity index (χ2v) is 7.35. The van der Waals surface area contributed by atoms with Crippen LogP contribution in [0.3, 0.4) is 0 Å². The lowest BCUT2D eigenvalue weighted by molar-refractivity contribution is 0.175. The Bertz CT molecular complexity index is 721. The molecule has 26 heavy (non-hydrogen) atoms. The van der Waals surface area contributed by atoms with Crippen LogP contribution in [-0.2, 0) is 6.54 Å². The van der Waals surface area contributed by atoms with Crippen molar-refractivity contribution in [1.82, 2.24) is 10.2 Å². The van der Waals surface area contributed by atoms with Crippen LogP contribution in [0.1, 0.15) is 29.5 Å². The first kappa shape index (κ1) is 18.5. The number of nitrogens with one attached hydrogen (secondary N) is 2. The number of carbonyl (C=O) groups excluding carboxylic acids is 1. The Hall–Kier alpha value is -2.33. The molecule has 0 radical (unpaired) electrons. The van der Waals surface area contributed by atoms with E-state index in [4.69, 9.17) is 0 Å². The molecule has 0 unspecified atom stereocenters. The minimum absolute atomic E-state index is 0.117. The number of anilines is 1. The van der Waals surface area contributed by atoms with Gasteiger partial charge in [-0.2, -0.15) is 0 Å². The van der Waals surface area contributed by atoms with Gasteiger partial charge in [-0.1, -0.05) is 42.0 Å². The van der Waals surface area contributed by atoms with E-state index in [1.165, 1.54) is 16.7 Å². The van der Waals surface area contributed by atoms with Crippen LogP contribution < -0.4 is 10.6 Å². The number of hydrogen-bond acceptors (Lipinski definition) is 2. The van der Waals surface area contributed by atoms with Crippen LogP contribution in [0.2, 0.25) is 0 Å². The monoisotopic (exact) mass is 351 g/mol. The minimum atomic E-state index is -0.117. The van der Waals surface area contributed by atoms with E-state index in [9.17, 15) is 4.79 Å². The van der Waals surface area contributed by atoms with Crippen LogP contribution in [-0.4, -0.2) is 30.6 Å². The van der Waals surface area contributed by atoms with Crippen molar-refractivity contribution in [2.45, 2.75) is 33.2 Å². The number of hydrogen-bond donors (Lipinski definition) is 2. The first-order valence-electron chi connectivity index (χ1n) is 9.48. The molecule has 0 bridgehead atoms. The van der Waals surface area contributed by atoms with Gasteiger partial charge in [0, 0.05) is 18.8 Å². The van der Waals surface area contributed by atoms with E-state index in [1.807, 2.05) is 30.3 Å². The number of carbonyl (C=O) groups is 1. The molecule has 0 saturated carbocycles. The molecule has 2 aromatic rings. The summed E-state index contributed by atoms with van der Waals surface area (Å²) in [6, 6.07) is 16.1. The first-order chi connectivity index (χ1) is 12.6. The lowest BCUT2D eigenvalue weighted by Crippen LogP contribution is -2.39. The number of aryl methyl sites for hydroxylation is 2. The van der Waals surface area contributed by atoms with Gasteiger partial charge in [-0.25, -0.2) is 4.79 Å². The zero-order valence-electron chi connectivity index (χ0n) is 15.8. The van der Waals surface area contributed by atoms with Crippen LogP contribution in [0.4, 0.5) is 10.5 Å². The predicted molar refractivity (Wildman–Crippen MR) is 107 cm³/mol. The molecule has 2 aromatic carbocycles. The van der Waals surface area contributed by atoms with Gasteiger partial charge in [-0.15, -0.1) is 0 Å². The smallest absolute Gasteiger partial charge is 0.319 e. The van der Waals surface area contributed by atoms with E-state index in [0.717, 1.165) is 44.7 Å². The molecule has 0 spiro atoms. The molecule has 2 N–H and O–H groups in total. The van der Waals surface area contributed by atoms with E-state index >= 15 is 0 Å². The van der Waals surface area contributed by atoms with Gasteiger partial charge in [0.25, 0.3) is 0 Å². The van der Waals surface area contributed by atoms with Crippen LogP contribution in [0.5, 0.6) is 0 Å². The molecule has 0 atom stereocenters. The lowest BCUT2D eigenvalue weighted by atomic mass is 9.96. The number of para-hydroxylation sites is 1. The highest BCUT2D eigenvalue weighted by Crippen LogP contribution is 2.20. The van der Waals surface area contributed by atoms with Gasteiger partial charge in [0.05, 0.1) is 0 Å². The van der Waals surface area contributed by atoms with Crippen molar-refractivity contribution in [3.8, 4) is 0 Å². The van der Waals surface area contributed by atoms with Crippen molar-refractivity contribution in [2.24, 2.45) is 5.92 Å². The molecule has 4 heteroatoms. The molecule has 4 nitrogen and oxygen atoms in total. The molecule has 1 aliphatic heterocycles. The lowest BCUT2D eigenvalue weighted by Gasteiger charge is -2.32. The zero-order valence-corrected chi connectivity index (χ0v) is 15.8. The molecule has 1 fully saturated rings. The summed E-state index contributed by atoms with van der Waals surface area (Å²) in [5.41, 5.74) is 4.96. The maximum atomic E-state index is 12.0. The molecular formula is C22H29N3O. The maximum absolute atomic E-state index is 12.0. The fourth-order valence-electron chi connectivity index (χ4n) is 3.49. The fourth-order valence-corrected chi connectivity index (χ4v) is 3.49. The molecule has 1 aliphatic rings. The highest BCUT2D eigenvalue weighted by molar-refractivity contribution is 5.89. The molecule has 2 amide bonds. The van der Waals surface area contributed by atoms with Crippen LogP contribution in [0.15, 0.2) is 48.5 Å². The topological polar surface area (TPSA) is 44.4 Å². The van der Waals surface area contributed by atoms with Crippen molar-refractivity contribution >= 4 is 11.7 Å². The maximum Gasteiger partial charge on any atom is 0.319 e. The third-order valence-electron chi connectivity index (χ3n) is 5.19. The van der Waals surface area contributed by atoms with E-state index in [2.05, 4.69) is 47.6 Å². The highest BCUT2D eigenvalue weighted by Gasteiger charge is 2.20. The summed E-state index contributed by atoms with van der Waals surface area (Å²) in [6.07, 6.45) is 2.27. The third kappa shape index (κ3) is 5.33. The van der Waals surface area contributed by atoms with Gasteiger partial charge in [0.15, 0.2) is 0 Å². The third-order valence-corrected chi connectivity index (χ3v) is 5.19. The van der Waals surface area contributed by atoms with Gasteiger partial charge in [0.1, 0.15) is 0 Å². The number of urea groups is 1. The molecular weight excluding hydrogens is 322 g/mol. The highest BCUT2D eigenvalue weighted by atomic mass is 16.2. The minimum Gasteiger partial charge on any atom is -0.338 e. The van der Waals surface area contributed by atoms with Gasteiger partial charge >= 0.3 is 6.03 Å². The Labute approximate surface area is 156 Å². The van der Waals surface area contributed by atoms with Crippen molar-refractivity contribution in [1.29, 1.82) is 0 Å². The molecule has 0 aliphatic carbocycles. The Morgan fingerprint density at radius 1 is 1.08 bits per heavy atom. The van der Waals surface area contributed by atoms with E-state index in [-0.39, 0.29) is 6.03 Å². The summed E-state index contributed by atoms with van der Waals surface area (Å²) in [7, 11) is 0. The number of nitrogens with zero attached hydrogens (tertiary/aromatic N) is 1. The second kappa shape index (κ2) is 8.86. The number of likely N-dealkylation sites (tertiary alicyclic amines) is 1. The van der Waals surface area contributed by atoms with Gasteiger partial charge < -0.3 is 10.6 Å². The zero-order chi connectivity index (χ0) is 18.4. The summed E-state index contributed by atoms with van der Waals surface area (Å²) in [4.78, 5) is 14.5. The Morgan fingerprint density at radius 2 is 1.81 bits per heavy atom. The standard InChI is InChI=1S/C22H29N3O/c1-17-8-9-18(2)20(14-17)16-25-12-10-19(11-13-25)15-23-22(26)24-21-6-4-3-5-7-21/h3-9,14,19H,10-13,15-16H2,1-2H3,(H2,23,24,26). The van der Waals surface area contributed by atoms with E-state index < -0.39 is 0 Å². The quantitative estimate of drug-likeness (QED) is 0.842. The van der Waals surface area contributed by atoms with Gasteiger partial charge in [-0.3, -0.25) is 4.90 Å². The molecule has 138 valence electrons. The number of benzene rings is 2. The Balaban J connectivity index is 1.40. The summed E-state index contributed by atoms with van der Waals surface area (Å²) < 4.78 is 0. The average molecular weight is 351 g/mol. The van der Waals surface area contributed by atoms with Crippen molar-refractivity contribution in [3.63, 3.8) is 0 Å². The summed E-state index contributed by atoms with van der Waals surface area (Å²) in [5.74, 6) is 0.561. The Kier molecular flexibility index (Phi) is 6.29. The largest absolute Gasteiger partial charge is 0.338 e. The van der Waals surface area contributed by atoms with Crippen LogP contribution in [0, 0.1) is 19.8 Å². The molecule has 1 saturated heterocycles. The van der Waals surface area contributed by atoms with Crippen molar-refractivity contribution in [3.05, 3.63) is 65.2 Å². The van der Waals surface area contributed by atoms with Crippen molar-refractivity contribution < 1.29 is 4.79 Å². The number of piperidine rings is 1. The summed E-state index contributed by atoms with van der Waals surface area (Å²) >= 11 is 0. The SMILES string of the molecule is Cc1ccc(C)c(CN2CCC(CNC(=O)Nc3ccccc3)CC2)c1. The summed E-state index contributed by atoms with van der Waals surface area (Å²) in [5, 5.41) is 5.89. The van der Waals surface area contributed by atoms with Crippen LogP contribution >= 0.6 is 0 Å².